The summed E-state index contributed by atoms with van der Waals surface area (Å²) in [6.45, 7) is 1.85. The molecular formula is C18H13NO4. The Morgan fingerprint density at radius 3 is 2.48 bits per heavy atom. The molecule has 5 nitrogen and oxygen atoms in total. The number of fused-ring (bicyclic) bond motifs is 1. The van der Waals surface area contributed by atoms with E-state index in [1.807, 2.05) is 31.2 Å². The highest BCUT2D eigenvalue weighted by molar-refractivity contribution is 6.08. The molecule has 114 valence electrons. The van der Waals surface area contributed by atoms with Crippen molar-refractivity contribution in [3.05, 3.63) is 81.6 Å². The van der Waals surface area contributed by atoms with Crippen molar-refractivity contribution in [2.45, 2.75) is 6.92 Å². The molecule has 0 radical (unpaired) electrons. The van der Waals surface area contributed by atoms with Crippen LogP contribution in [0.5, 0.6) is 0 Å². The van der Waals surface area contributed by atoms with E-state index in [0.717, 1.165) is 10.9 Å². The number of nitrogens with zero attached hydrogens (tertiary/aromatic N) is 1. The number of carbonyl (C=O) groups is 1. The van der Waals surface area contributed by atoms with Gasteiger partial charge in [0.1, 0.15) is 5.58 Å². The third-order valence-corrected chi connectivity index (χ3v) is 3.60. The molecule has 3 rings (SSSR count). The van der Waals surface area contributed by atoms with Gasteiger partial charge in [-0.2, -0.15) is 0 Å². The lowest BCUT2D eigenvalue weighted by atomic mass is 10.1. The smallest absolute Gasteiger partial charge is 0.269 e. The molecule has 0 saturated heterocycles. The largest absolute Gasteiger partial charge is 0.452 e. The minimum Gasteiger partial charge on any atom is -0.452 e. The molecule has 0 spiro atoms. The molecule has 0 bridgehead atoms. The summed E-state index contributed by atoms with van der Waals surface area (Å²) >= 11 is 0. The van der Waals surface area contributed by atoms with Gasteiger partial charge in [-0.05, 0) is 36.8 Å². The standard InChI is InChI=1S/C18H13NO4/c1-12-15-4-2-3-5-17(15)23-18(12)16(20)11-8-13-6-9-14(10-7-13)19(21)22/h2-11H,1H3/b11-8+. The number of para-hydroxylation sites is 1. The molecule has 2 aromatic carbocycles. The van der Waals surface area contributed by atoms with Crippen LogP contribution in [0.2, 0.25) is 0 Å². The van der Waals surface area contributed by atoms with Gasteiger partial charge in [-0.15, -0.1) is 0 Å². The van der Waals surface area contributed by atoms with Gasteiger partial charge in [-0.3, -0.25) is 14.9 Å². The number of rotatable bonds is 4. The summed E-state index contributed by atoms with van der Waals surface area (Å²) in [5, 5.41) is 11.5. The Morgan fingerprint density at radius 1 is 1.13 bits per heavy atom. The van der Waals surface area contributed by atoms with Crippen molar-refractivity contribution in [2.75, 3.05) is 0 Å². The van der Waals surface area contributed by atoms with Crippen molar-refractivity contribution >= 4 is 28.5 Å². The highest BCUT2D eigenvalue weighted by Gasteiger charge is 2.14. The molecule has 1 aromatic heterocycles. The Kier molecular flexibility index (Phi) is 3.76. The number of hydrogen-bond donors (Lipinski definition) is 0. The van der Waals surface area contributed by atoms with E-state index in [1.54, 1.807) is 18.2 Å². The second-order valence-electron chi connectivity index (χ2n) is 5.10. The Morgan fingerprint density at radius 2 is 1.83 bits per heavy atom. The van der Waals surface area contributed by atoms with Crippen molar-refractivity contribution in [1.82, 2.24) is 0 Å². The summed E-state index contributed by atoms with van der Waals surface area (Å²) in [6.07, 6.45) is 3.02. The molecule has 0 aliphatic rings. The number of carbonyl (C=O) groups excluding carboxylic acids is 1. The number of non-ortho nitro benzene ring substituents is 1. The fourth-order valence-electron chi connectivity index (χ4n) is 2.36. The van der Waals surface area contributed by atoms with Gasteiger partial charge in [-0.25, -0.2) is 0 Å². The fourth-order valence-corrected chi connectivity index (χ4v) is 2.36. The molecule has 5 heteroatoms. The van der Waals surface area contributed by atoms with E-state index in [0.29, 0.717) is 16.9 Å². The van der Waals surface area contributed by atoms with Gasteiger partial charge in [0.05, 0.1) is 4.92 Å². The van der Waals surface area contributed by atoms with E-state index in [9.17, 15) is 14.9 Å². The van der Waals surface area contributed by atoms with Crippen molar-refractivity contribution in [3.8, 4) is 0 Å². The molecule has 0 saturated carbocycles. The molecular weight excluding hydrogens is 294 g/mol. The van der Waals surface area contributed by atoms with Crippen LogP contribution < -0.4 is 0 Å². The van der Waals surface area contributed by atoms with Gasteiger partial charge < -0.3 is 4.42 Å². The number of allylic oxidation sites excluding steroid dienone is 1. The summed E-state index contributed by atoms with van der Waals surface area (Å²) in [6, 6.07) is 13.5. The first kappa shape index (κ1) is 14.7. The van der Waals surface area contributed by atoms with E-state index in [2.05, 4.69) is 0 Å². The quantitative estimate of drug-likeness (QED) is 0.307. The summed E-state index contributed by atoms with van der Waals surface area (Å²) in [7, 11) is 0. The monoisotopic (exact) mass is 307 g/mol. The molecule has 0 fully saturated rings. The number of hydrogen-bond acceptors (Lipinski definition) is 4. The topological polar surface area (TPSA) is 73.3 Å². The Bertz CT molecular complexity index is 920. The molecule has 0 aliphatic carbocycles. The first-order chi connectivity index (χ1) is 11.1. The van der Waals surface area contributed by atoms with Crippen LogP contribution in [0.4, 0.5) is 5.69 Å². The summed E-state index contributed by atoms with van der Waals surface area (Å²) in [5.41, 5.74) is 2.20. The van der Waals surface area contributed by atoms with Crippen LogP contribution in [0, 0.1) is 17.0 Å². The lowest BCUT2D eigenvalue weighted by Gasteiger charge is -1.94. The van der Waals surface area contributed by atoms with Crippen LogP contribution in [0.1, 0.15) is 21.7 Å². The van der Waals surface area contributed by atoms with E-state index in [4.69, 9.17) is 4.42 Å². The zero-order chi connectivity index (χ0) is 16.4. The van der Waals surface area contributed by atoms with Crippen molar-refractivity contribution in [1.29, 1.82) is 0 Å². The van der Waals surface area contributed by atoms with Crippen molar-refractivity contribution in [2.24, 2.45) is 0 Å². The minimum atomic E-state index is -0.462. The number of aryl methyl sites for hydroxylation is 1. The van der Waals surface area contributed by atoms with Gasteiger partial charge >= 0.3 is 0 Å². The Balaban J connectivity index is 1.85. The molecule has 0 N–H and O–H groups in total. The first-order valence-electron chi connectivity index (χ1n) is 7.01. The van der Waals surface area contributed by atoms with Gasteiger partial charge in [0.2, 0.25) is 5.78 Å². The van der Waals surface area contributed by atoms with E-state index in [1.165, 1.54) is 18.2 Å². The highest BCUT2D eigenvalue weighted by atomic mass is 16.6. The third-order valence-electron chi connectivity index (χ3n) is 3.60. The number of benzene rings is 2. The fraction of sp³-hybridized carbons (Fsp3) is 0.0556. The second kappa shape index (κ2) is 5.88. The van der Waals surface area contributed by atoms with Crippen LogP contribution in [0.3, 0.4) is 0 Å². The molecule has 3 aromatic rings. The SMILES string of the molecule is Cc1c(C(=O)/C=C/c2ccc([N+](=O)[O-])cc2)oc2ccccc12. The summed E-state index contributed by atoms with van der Waals surface area (Å²) in [5.74, 6) is 0.0708. The molecule has 23 heavy (non-hydrogen) atoms. The predicted octanol–water partition coefficient (Wildman–Crippen LogP) is 4.55. The normalized spacial score (nSPS) is 11.2. The maximum absolute atomic E-state index is 12.3. The van der Waals surface area contributed by atoms with E-state index in [-0.39, 0.29) is 11.5 Å². The lowest BCUT2D eigenvalue weighted by molar-refractivity contribution is -0.384. The van der Waals surface area contributed by atoms with Crippen LogP contribution >= 0.6 is 0 Å². The molecule has 0 atom stereocenters. The zero-order valence-corrected chi connectivity index (χ0v) is 12.4. The first-order valence-corrected chi connectivity index (χ1v) is 7.01. The number of ketones is 1. The van der Waals surface area contributed by atoms with Crippen LogP contribution in [0.25, 0.3) is 17.0 Å². The summed E-state index contributed by atoms with van der Waals surface area (Å²) in [4.78, 5) is 22.4. The highest BCUT2D eigenvalue weighted by Crippen LogP contribution is 2.25. The predicted molar refractivity (Wildman–Crippen MR) is 87.4 cm³/mol. The molecule has 0 unspecified atom stereocenters. The average molecular weight is 307 g/mol. The van der Waals surface area contributed by atoms with Gasteiger partial charge in [0.15, 0.2) is 5.76 Å². The zero-order valence-electron chi connectivity index (χ0n) is 12.4. The Labute approximate surface area is 132 Å². The number of nitro benzene ring substituents is 1. The number of nitro groups is 1. The molecule has 1 heterocycles. The molecule has 0 aliphatic heterocycles. The minimum absolute atomic E-state index is 0.0154. The summed E-state index contributed by atoms with van der Waals surface area (Å²) < 4.78 is 5.61. The Hall–Kier alpha value is -3.21. The van der Waals surface area contributed by atoms with Crippen LogP contribution in [0.15, 0.2) is 59.0 Å². The van der Waals surface area contributed by atoms with E-state index < -0.39 is 4.92 Å². The maximum Gasteiger partial charge on any atom is 0.269 e. The maximum atomic E-state index is 12.3. The van der Waals surface area contributed by atoms with Gasteiger partial charge in [-0.1, -0.05) is 24.3 Å². The molecule has 0 amide bonds. The van der Waals surface area contributed by atoms with Crippen molar-refractivity contribution < 1.29 is 14.1 Å². The van der Waals surface area contributed by atoms with Gasteiger partial charge in [0.25, 0.3) is 5.69 Å². The number of furan rings is 1. The lowest BCUT2D eigenvalue weighted by Crippen LogP contribution is -1.94. The third kappa shape index (κ3) is 2.89. The van der Waals surface area contributed by atoms with Crippen LogP contribution in [-0.4, -0.2) is 10.7 Å². The second-order valence-corrected chi connectivity index (χ2v) is 5.10. The van der Waals surface area contributed by atoms with Crippen LogP contribution in [-0.2, 0) is 0 Å². The van der Waals surface area contributed by atoms with Crippen molar-refractivity contribution in [3.63, 3.8) is 0 Å². The average Bonchev–Trinajstić information content (AvgIpc) is 2.90. The van der Waals surface area contributed by atoms with E-state index >= 15 is 0 Å². The van der Waals surface area contributed by atoms with Gasteiger partial charge in [0, 0.05) is 23.1 Å².